The van der Waals surface area contributed by atoms with Crippen LogP contribution in [0.3, 0.4) is 0 Å². The molecule has 0 aliphatic carbocycles. The molecular formula is C22H28F2N2O2Si. The molecule has 0 bridgehead atoms. The summed E-state index contributed by atoms with van der Waals surface area (Å²) in [7, 11) is -1.86. The third-order valence-corrected chi connectivity index (χ3v) is 9.92. The van der Waals surface area contributed by atoms with Crippen molar-refractivity contribution in [3.05, 3.63) is 60.2 Å². The lowest BCUT2D eigenvalue weighted by Crippen LogP contribution is -2.40. The average Bonchev–Trinajstić information content (AvgIpc) is 2.64. The molecule has 29 heavy (non-hydrogen) atoms. The van der Waals surface area contributed by atoms with E-state index < -0.39 is 25.7 Å². The molecule has 0 amide bonds. The fourth-order valence-corrected chi connectivity index (χ4v) is 3.60. The molecule has 7 heteroatoms. The summed E-state index contributed by atoms with van der Waals surface area (Å²) in [4.78, 5) is 20.4. The molecule has 0 aliphatic rings. The zero-order valence-corrected chi connectivity index (χ0v) is 18.7. The lowest BCUT2D eigenvalue weighted by molar-refractivity contribution is 0.102. The number of hydrogen-bond donors (Lipinski definition) is 0. The largest absolute Gasteiger partial charge is 0.417 e. The van der Waals surface area contributed by atoms with Gasteiger partial charge in [0.25, 0.3) is 0 Å². The molecule has 1 aromatic heterocycles. The van der Waals surface area contributed by atoms with Gasteiger partial charge in [0.2, 0.25) is 0 Å². The maximum Gasteiger partial charge on any atom is 0.191 e. The predicted octanol–water partition coefficient (Wildman–Crippen LogP) is 5.96. The third kappa shape index (κ3) is 5.64. The van der Waals surface area contributed by atoms with Crippen molar-refractivity contribution >= 4 is 14.1 Å². The Bertz CT molecular complexity index is 894. The molecule has 0 atom stereocenters. The Morgan fingerprint density at radius 2 is 1.76 bits per heavy atom. The zero-order valence-electron chi connectivity index (χ0n) is 17.7. The molecule has 0 aliphatic heterocycles. The van der Waals surface area contributed by atoms with Gasteiger partial charge in [0, 0.05) is 36.2 Å². The Morgan fingerprint density at radius 3 is 2.34 bits per heavy atom. The van der Waals surface area contributed by atoms with E-state index in [1.807, 2.05) is 0 Å². The first-order valence-electron chi connectivity index (χ1n) is 9.55. The van der Waals surface area contributed by atoms with E-state index in [2.05, 4.69) is 50.4 Å². The van der Waals surface area contributed by atoms with E-state index in [0.29, 0.717) is 31.1 Å². The number of nitrogens with zero attached hydrogens (tertiary/aromatic N) is 2. The zero-order chi connectivity index (χ0) is 21.8. The molecule has 0 N–H and O–H groups in total. The molecule has 4 nitrogen and oxygen atoms in total. The summed E-state index contributed by atoms with van der Waals surface area (Å²) in [6, 6.07) is 1.91. The summed E-state index contributed by atoms with van der Waals surface area (Å²) < 4.78 is 34.6. The smallest absolute Gasteiger partial charge is 0.191 e. The van der Waals surface area contributed by atoms with Crippen molar-refractivity contribution < 1.29 is 18.0 Å². The number of carbonyl (C=O) groups is 1. The summed E-state index contributed by atoms with van der Waals surface area (Å²) >= 11 is 0. The molecular weight excluding hydrogens is 390 g/mol. The summed E-state index contributed by atoms with van der Waals surface area (Å²) in [5.74, 6) is -2.22. The minimum absolute atomic E-state index is 0.0735. The number of carbonyl (C=O) groups excluding carboxylic acids is 1. The van der Waals surface area contributed by atoms with Crippen LogP contribution >= 0.6 is 0 Å². The molecule has 2 rings (SSSR count). The second-order valence-electron chi connectivity index (χ2n) is 8.58. The van der Waals surface area contributed by atoms with Gasteiger partial charge in [-0.25, -0.2) is 18.7 Å². The van der Waals surface area contributed by atoms with Crippen LogP contribution in [0.2, 0.25) is 18.1 Å². The van der Waals surface area contributed by atoms with E-state index in [-0.39, 0.29) is 21.7 Å². The van der Waals surface area contributed by atoms with Crippen molar-refractivity contribution in [1.29, 1.82) is 0 Å². The highest BCUT2D eigenvalue weighted by molar-refractivity contribution is 6.74. The van der Waals surface area contributed by atoms with Crippen LogP contribution in [0.4, 0.5) is 8.78 Å². The van der Waals surface area contributed by atoms with Gasteiger partial charge in [-0.05, 0) is 42.6 Å². The molecule has 1 aromatic carbocycles. The van der Waals surface area contributed by atoms with Crippen molar-refractivity contribution in [2.24, 2.45) is 0 Å². The van der Waals surface area contributed by atoms with Crippen LogP contribution in [0.15, 0.2) is 43.0 Å². The van der Waals surface area contributed by atoms with Crippen LogP contribution < -0.4 is 0 Å². The normalized spacial score (nSPS) is 12.1. The van der Waals surface area contributed by atoms with Crippen molar-refractivity contribution in [2.45, 2.75) is 51.7 Å². The number of halogens is 2. The van der Waals surface area contributed by atoms with Gasteiger partial charge in [-0.15, -0.1) is 0 Å². The van der Waals surface area contributed by atoms with Gasteiger partial charge in [0.15, 0.2) is 14.1 Å². The molecule has 1 heterocycles. The lowest BCUT2D eigenvalue weighted by atomic mass is 9.97. The van der Waals surface area contributed by atoms with E-state index in [1.54, 1.807) is 0 Å². The molecule has 0 saturated carbocycles. The highest BCUT2D eigenvalue weighted by atomic mass is 28.4. The van der Waals surface area contributed by atoms with Gasteiger partial charge in [0.05, 0.1) is 5.56 Å². The first-order valence-corrected chi connectivity index (χ1v) is 12.5. The van der Waals surface area contributed by atoms with Gasteiger partial charge in [-0.3, -0.25) is 4.79 Å². The maximum atomic E-state index is 14.3. The standard InChI is InChI=1S/C22H28F2N2O2Si/c1-15(8-7-9-28-29(5,6)22(2,3)4)21(27)18-10-17(19(23)11-20(18)24)16-12-25-14-26-13-16/h10-14H,1,7-9H2,2-6H3. The van der Waals surface area contributed by atoms with Gasteiger partial charge in [-0.1, -0.05) is 27.4 Å². The molecule has 0 radical (unpaired) electrons. The van der Waals surface area contributed by atoms with E-state index in [1.165, 1.54) is 24.8 Å². The Kier molecular flexibility index (Phi) is 7.18. The number of hydrogen-bond acceptors (Lipinski definition) is 4. The third-order valence-electron chi connectivity index (χ3n) is 5.39. The van der Waals surface area contributed by atoms with Crippen LogP contribution in [0.25, 0.3) is 11.1 Å². The first kappa shape index (κ1) is 23.0. The van der Waals surface area contributed by atoms with Crippen molar-refractivity contribution in [1.82, 2.24) is 9.97 Å². The first-order chi connectivity index (χ1) is 13.4. The van der Waals surface area contributed by atoms with Gasteiger partial charge >= 0.3 is 0 Å². The number of benzene rings is 1. The van der Waals surface area contributed by atoms with Gasteiger partial charge in [-0.2, -0.15) is 0 Å². The predicted molar refractivity (Wildman–Crippen MR) is 113 cm³/mol. The van der Waals surface area contributed by atoms with Crippen molar-refractivity contribution in [3.63, 3.8) is 0 Å². The van der Waals surface area contributed by atoms with E-state index >= 15 is 0 Å². The van der Waals surface area contributed by atoms with Gasteiger partial charge in [0.1, 0.15) is 18.0 Å². The number of Topliss-reactive ketones (excluding diaryl/α,β-unsaturated/α-hetero) is 1. The van der Waals surface area contributed by atoms with E-state index in [0.717, 1.165) is 0 Å². The minimum atomic E-state index is -1.86. The quantitative estimate of drug-likeness (QED) is 0.230. The number of rotatable bonds is 8. The fourth-order valence-electron chi connectivity index (χ4n) is 2.52. The summed E-state index contributed by atoms with van der Waals surface area (Å²) in [6.45, 7) is 15.1. The van der Waals surface area contributed by atoms with E-state index in [4.69, 9.17) is 4.43 Å². The second-order valence-corrected chi connectivity index (χ2v) is 13.4. The van der Waals surface area contributed by atoms with Crippen LogP contribution in [0, 0.1) is 11.6 Å². The number of ketones is 1. The average molecular weight is 419 g/mol. The summed E-state index contributed by atoms with van der Waals surface area (Å²) in [6.07, 6.45) is 5.12. The molecule has 156 valence electrons. The highest BCUT2D eigenvalue weighted by Gasteiger charge is 2.36. The Balaban J connectivity index is 2.07. The monoisotopic (exact) mass is 418 g/mol. The Labute approximate surface area is 172 Å². The summed E-state index contributed by atoms with van der Waals surface area (Å²) in [5.41, 5.74) is 0.502. The Hall–Kier alpha value is -2.25. The van der Waals surface area contributed by atoms with Crippen LogP contribution in [0.1, 0.15) is 44.0 Å². The van der Waals surface area contributed by atoms with Crippen LogP contribution in [0.5, 0.6) is 0 Å². The molecule has 0 unspecified atom stereocenters. The fraction of sp³-hybridized carbons (Fsp3) is 0.409. The lowest BCUT2D eigenvalue weighted by Gasteiger charge is -2.36. The SMILES string of the molecule is C=C(CCCO[Si](C)(C)C(C)(C)C)C(=O)c1cc(-c2cncnc2)c(F)cc1F. The van der Waals surface area contributed by atoms with Crippen molar-refractivity contribution in [2.75, 3.05) is 6.61 Å². The second kappa shape index (κ2) is 9.05. The van der Waals surface area contributed by atoms with Crippen molar-refractivity contribution in [3.8, 4) is 11.1 Å². The maximum absolute atomic E-state index is 14.3. The van der Waals surface area contributed by atoms with E-state index in [9.17, 15) is 13.6 Å². The molecule has 0 fully saturated rings. The minimum Gasteiger partial charge on any atom is -0.417 e. The highest BCUT2D eigenvalue weighted by Crippen LogP contribution is 2.36. The van der Waals surface area contributed by atoms with Gasteiger partial charge < -0.3 is 4.43 Å². The van der Waals surface area contributed by atoms with Crippen LogP contribution in [-0.2, 0) is 4.43 Å². The molecule has 2 aromatic rings. The number of allylic oxidation sites excluding steroid dienone is 1. The molecule has 0 saturated heterocycles. The molecule has 0 spiro atoms. The topological polar surface area (TPSA) is 52.1 Å². The Morgan fingerprint density at radius 1 is 1.14 bits per heavy atom. The summed E-state index contributed by atoms with van der Waals surface area (Å²) in [5, 5.41) is 0.106. The number of aromatic nitrogens is 2. The van der Waals surface area contributed by atoms with Crippen LogP contribution in [-0.4, -0.2) is 30.7 Å².